The average Bonchev–Trinajstić information content (AvgIpc) is 2.33. The van der Waals surface area contributed by atoms with E-state index in [0.717, 1.165) is 13.2 Å². The summed E-state index contributed by atoms with van der Waals surface area (Å²) in [5.74, 6) is 0. The van der Waals surface area contributed by atoms with Crippen LogP contribution >= 0.6 is 0 Å². The predicted molar refractivity (Wildman–Crippen MR) is 34.8 cm³/mol. The lowest BCUT2D eigenvalue weighted by Gasteiger charge is -2.13. The molecule has 0 amide bonds. The summed E-state index contributed by atoms with van der Waals surface area (Å²) in [6.45, 7) is 3.75. The molecule has 1 N–H and O–H groups in total. The molecule has 0 aromatic rings. The molecule has 0 aliphatic carbocycles. The lowest BCUT2D eigenvalue weighted by molar-refractivity contribution is 0.308. The highest BCUT2D eigenvalue weighted by molar-refractivity contribution is 5.74. The molecule has 0 saturated heterocycles. The molecule has 0 saturated carbocycles. The molecule has 0 aromatic carbocycles. The maximum atomic E-state index is 4.93. The summed E-state index contributed by atoms with van der Waals surface area (Å²) in [4.78, 5) is 2.00. The molecule has 4 heteroatoms. The van der Waals surface area contributed by atoms with Gasteiger partial charge in [-0.1, -0.05) is 0 Å². The number of ether oxygens (including phenoxy) is 1. The monoisotopic (exact) mass is 129 g/mol. The molecule has 1 heterocycles. The van der Waals surface area contributed by atoms with Crippen molar-refractivity contribution in [3.8, 4) is 0 Å². The van der Waals surface area contributed by atoms with Crippen molar-refractivity contribution < 1.29 is 4.74 Å². The van der Waals surface area contributed by atoms with E-state index < -0.39 is 0 Å². The number of hydrazone groups is 1. The molecule has 1 aliphatic rings. The zero-order valence-electron chi connectivity index (χ0n) is 5.72. The van der Waals surface area contributed by atoms with E-state index >= 15 is 0 Å². The molecule has 4 nitrogen and oxygen atoms in total. The van der Waals surface area contributed by atoms with Crippen LogP contribution in [0.1, 0.15) is 6.92 Å². The third-order valence-corrected chi connectivity index (χ3v) is 1.27. The zero-order chi connectivity index (χ0) is 6.69. The Morgan fingerprint density at radius 3 is 3.11 bits per heavy atom. The molecule has 1 aliphatic heterocycles. The standard InChI is InChI=1S/C5H11N3O/c1-3-8-4-6-7-5(8)9-2/h6H,3-4H2,1-2H3. The van der Waals surface area contributed by atoms with Crippen molar-refractivity contribution in [1.82, 2.24) is 10.3 Å². The largest absolute Gasteiger partial charge is 0.467 e. The maximum Gasteiger partial charge on any atom is 0.310 e. The van der Waals surface area contributed by atoms with Crippen molar-refractivity contribution in [2.75, 3.05) is 20.3 Å². The summed E-state index contributed by atoms with van der Waals surface area (Å²) >= 11 is 0. The predicted octanol–water partition coefficient (Wildman–Crippen LogP) is -0.214. The van der Waals surface area contributed by atoms with E-state index in [1.807, 2.05) is 4.90 Å². The van der Waals surface area contributed by atoms with E-state index in [2.05, 4.69) is 17.5 Å². The van der Waals surface area contributed by atoms with Crippen LogP contribution in [-0.4, -0.2) is 31.2 Å². The second-order valence-corrected chi connectivity index (χ2v) is 1.77. The Labute approximate surface area is 54.5 Å². The van der Waals surface area contributed by atoms with Gasteiger partial charge in [-0.15, -0.1) is 5.10 Å². The molecule has 0 spiro atoms. The molecule has 0 aromatic heterocycles. The number of amidine groups is 1. The number of rotatable bonds is 1. The van der Waals surface area contributed by atoms with Crippen LogP contribution in [0.3, 0.4) is 0 Å². The van der Waals surface area contributed by atoms with E-state index in [1.165, 1.54) is 0 Å². The third-order valence-electron chi connectivity index (χ3n) is 1.27. The van der Waals surface area contributed by atoms with Crippen molar-refractivity contribution in [2.24, 2.45) is 5.10 Å². The Balaban J connectivity index is 2.47. The fourth-order valence-corrected chi connectivity index (χ4v) is 0.748. The van der Waals surface area contributed by atoms with Gasteiger partial charge in [0, 0.05) is 6.54 Å². The van der Waals surface area contributed by atoms with Gasteiger partial charge in [-0.2, -0.15) is 0 Å². The van der Waals surface area contributed by atoms with E-state index in [4.69, 9.17) is 4.74 Å². The highest BCUT2D eigenvalue weighted by Gasteiger charge is 2.13. The van der Waals surface area contributed by atoms with E-state index in [-0.39, 0.29) is 0 Å². The van der Waals surface area contributed by atoms with Gasteiger partial charge in [0.05, 0.1) is 7.11 Å². The van der Waals surface area contributed by atoms with Gasteiger partial charge in [0.1, 0.15) is 6.67 Å². The van der Waals surface area contributed by atoms with Crippen LogP contribution in [-0.2, 0) is 4.74 Å². The third kappa shape index (κ3) is 1.06. The van der Waals surface area contributed by atoms with Crippen molar-refractivity contribution >= 4 is 6.02 Å². The lowest BCUT2D eigenvalue weighted by atomic mass is 10.6. The first-order valence-corrected chi connectivity index (χ1v) is 2.98. The van der Waals surface area contributed by atoms with Crippen LogP contribution in [0, 0.1) is 0 Å². The first-order chi connectivity index (χ1) is 4.38. The molecule has 9 heavy (non-hydrogen) atoms. The topological polar surface area (TPSA) is 36.9 Å². The van der Waals surface area contributed by atoms with Crippen LogP contribution < -0.4 is 5.43 Å². The molecule has 0 radical (unpaired) electrons. The summed E-state index contributed by atoms with van der Waals surface area (Å²) in [5, 5.41) is 3.88. The zero-order valence-corrected chi connectivity index (χ0v) is 5.72. The lowest BCUT2D eigenvalue weighted by Crippen LogP contribution is -2.29. The van der Waals surface area contributed by atoms with Crippen LogP contribution in [0.25, 0.3) is 0 Å². The van der Waals surface area contributed by atoms with Gasteiger partial charge in [-0.3, -0.25) is 5.43 Å². The Hall–Kier alpha value is -0.930. The van der Waals surface area contributed by atoms with E-state index in [0.29, 0.717) is 6.02 Å². The van der Waals surface area contributed by atoms with E-state index in [9.17, 15) is 0 Å². The second kappa shape index (κ2) is 2.57. The minimum atomic E-state index is 0.678. The Bertz CT molecular complexity index is 123. The highest BCUT2D eigenvalue weighted by Crippen LogP contribution is 1.95. The molecule has 0 fully saturated rings. The second-order valence-electron chi connectivity index (χ2n) is 1.77. The summed E-state index contributed by atoms with van der Waals surface area (Å²) in [6.07, 6.45) is 0. The fourth-order valence-electron chi connectivity index (χ4n) is 0.748. The van der Waals surface area contributed by atoms with Crippen molar-refractivity contribution in [1.29, 1.82) is 0 Å². The molecular formula is C5H11N3O. The Morgan fingerprint density at radius 2 is 2.67 bits per heavy atom. The summed E-state index contributed by atoms with van der Waals surface area (Å²) < 4.78 is 4.93. The molecule has 0 atom stereocenters. The normalized spacial score (nSPS) is 17.1. The van der Waals surface area contributed by atoms with Crippen LogP contribution in [0.2, 0.25) is 0 Å². The van der Waals surface area contributed by atoms with Gasteiger partial charge in [-0.25, -0.2) is 0 Å². The molecular weight excluding hydrogens is 118 g/mol. The number of nitrogens with zero attached hydrogens (tertiary/aromatic N) is 2. The molecule has 0 bridgehead atoms. The van der Waals surface area contributed by atoms with Crippen LogP contribution in [0.4, 0.5) is 0 Å². The first-order valence-electron chi connectivity index (χ1n) is 2.98. The maximum absolute atomic E-state index is 4.93. The fraction of sp³-hybridized carbons (Fsp3) is 0.800. The molecule has 0 unspecified atom stereocenters. The number of nitrogens with one attached hydrogen (secondary N) is 1. The summed E-state index contributed by atoms with van der Waals surface area (Å²) in [7, 11) is 1.62. The highest BCUT2D eigenvalue weighted by atomic mass is 16.5. The number of hydrogen-bond acceptors (Lipinski definition) is 4. The van der Waals surface area contributed by atoms with Crippen LogP contribution in [0.15, 0.2) is 5.10 Å². The van der Waals surface area contributed by atoms with Gasteiger partial charge >= 0.3 is 6.02 Å². The van der Waals surface area contributed by atoms with Crippen LogP contribution in [0.5, 0.6) is 0 Å². The summed E-state index contributed by atoms with van der Waals surface area (Å²) in [6, 6.07) is 0.678. The number of hydrogen-bond donors (Lipinski definition) is 1. The van der Waals surface area contributed by atoms with Gasteiger partial charge in [0.15, 0.2) is 0 Å². The van der Waals surface area contributed by atoms with Gasteiger partial charge in [0.2, 0.25) is 0 Å². The average molecular weight is 129 g/mol. The van der Waals surface area contributed by atoms with Gasteiger partial charge < -0.3 is 9.64 Å². The van der Waals surface area contributed by atoms with Gasteiger partial charge in [0.25, 0.3) is 0 Å². The van der Waals surface area contributed by atoms with E-state index in [1.54, 1.807) is 7.11 Å². The first kappa shape index (κ1) is 6.19. The Kier molecular flexibility index (Phi) is 1.77. The Morgan fingerprint density at radius 1 is 1.89 bits per heavy atom. The van der Waals surface area contributed by atoms with Crippen molar-refractivity contribution in [3.05, 3.63) is 0 Å². The van der Waals surface area contributed by atoms with Gasteiger partial charge in [-0.05, 0) is 6.92 Å². The minimum Gasteiger partial charge on any atom is -0.467 e. The van der Waals surface area contributed by atoms with Crippen molar-refractivity contribution in [2.45, 2.75) is 6.92 Å². The quantitative estimate of drug-likeness (QED) is 0.532. The van der Waals surface area contributed by atoms with Crippen molar-refractivity contribution in [3.63, 3.8) is 0 Å². The minimum absolute atomic E-state index is 0.678. The number of methoxy groups -OCH3 is 1. The summed E-state index contributed by atoms with van der Waals surface area (Å²) in [5.41, 5.74) is 2.81. The smallest absolute Gasteiger partial charge is 0.310 e. The molecule has 52 valence electrons. The molecule has 1 rings (SSSR count). The SMILES string of the molecule is CCN1CNN=C1OC.